The lowest BCUT2D eigenvalue weighted by molar-refractivity contribution is 0.113. The third kappa shape index (κ3) is 8.42. The summed E-state index contributed by atoms with van der Waals surface area (Å²) in [5.41, 5.74) is 8.98. The van der Waals surface area contributed by atoms with Gasteiger partial charge in [-0.1, -0.05) is 89.9 Å². The number of piperidine rings is 1. The van der Waals surface area contributed by atoms with Gasteiger partial charge in [0.2, 0.25) is 0 Å². The molecular weight excluding hydrogens is 454 g/mol. The Bertz CT molecular complexity index is 945. The quantitative estimate of drug-likeness (QED) is 0.390. The van der Waals surface area contributed by atoms with Crippen molar-refractivity contribution in [3.63, 3.8) is 0 Å². The first-order valence-corrected chi connectivity index (χ1v) is 12.4. The fourth-order valence-corrected chi connectivity index (χ4v) is 4.62. The fourth-order valence-electron chi connectivity index (χ4n) is 4.30. The highest BCUT2D eigenvalue weighted by atomic mass is 35.5. The summed E-state index contributed by atoms with van der Waals surface area (Å²) in [5.74, 6) is 0.698. The zero-order chi connectivity index (χ0) is 23.5. The van der Waals surface area contributed by atoms with Crippen molar-refractivity contribution < 1.29 is 4.39 Å². The average Bonchev–Trinajstić information content (AvgIpc) is 2.87. The van der Waals surface area contributed by atoms with Crippen molar-refractivity contribution in [1.29, 1.82) is 0 Å². The summed E-state index contributed by atoms with van der Waals surface area (Å²) in [4.78, 5) is 2.30. The molecule has 4 rings (SSSR count). The Morgan fingerprint density at radius 2 is 1.42 bits per heavy atom. The molecule has 176 valence electrons. The third-order valence-electron chi connectivity index (χ3n) is 6.24. The van der Waals surface area contributed by atoms with Gasteiger partial charge in [0.15, 0.2) is 0 Å². The molecule has 1 aliphatic heterocycles. The molecule has 5 heteroatoms. The number of nitrogens with two attached hydrogens (primary N) is 1. The van der Waals surface area contributed by atoms with Crippen LogP contribution in [0.2, 0.25) is 10.0 Å². The number of hydrogen-bond acceptors (Lipinski definition) is 2. The van der Waals surface area contributed by atoms with Crippen molar-refractivity contribution in [3.8, 4) is 0 Å². The first kappa shape index (κ1) is 25.7. The number of rotatable bonds is 7. The summed E-state index contributed by atoms with van der Waals surface area (Å²) in [6, 6.07) is 26.2. The lowest BCUT2D eigenvalue weighted by Crippen LogP contribution is -2.44. The maximum absolute atomic E-state index is 13.7. The van der Waals surface area contributed by atoms with Gasteiger partial charge < -0.3 is 5.73 Å². The predicted octanol–water partition coefficient (Wildman–Crippen LogP) is 6.97. The molecule has 3 aromatic carbocycles. The number of likely N-dealkylation sites (tertiary alicyclic amines) is 1. The van der Waals surface area contributed by atoms with E-state index in [1.807, 2.05) is 42.5 Å². The van der Waals surface area contributed by atoms with E-state index < -0.39 is 0 Å². The summed E-state index contributed by atoms with van der Waals surface area (Å²) >= 11 is 12.0. The van der Waals surface area contributed by atoms with E-state index in [1.54, 1.807) is 6.07 Å². The monoisotopic (exact) mass is 486 g/mol. The van der Waals surface area contributed by atoms with Gasteiger partial charge in [-0.3, -0.25) is 4.90 Å². The minimum Gasteiger partial charge on any atom is -0.326 e. The molecule has 1 atom stereocenters. The lowest BCUT2D eigenvalue weighted by atomic mass is 9.89. The molecule has 0 amide bonds. The summed E-state index contributed by atoms with van der Waals surface area (Å²) in [7, 11) is 0. The van der Waals surface area contributed by atoms with Crippen LogP contribution < -0.4 is 5.73 Å². The number of alkyl halides is 1. The van der Waals surface area contributed by atoms with Gasteiger partial charge in [-0.2, -0.15) is 0 Å². The van der Waals surface area contributed by atoms with Gasteiger partial charge in [-0.25, -0.2) is 4.39 Å². The van der Waals surface area contributed by atoms with Gasteiger partial charge in [-0.05, 0) is 73.5 Å². The van der Waals surface area contributed by atoms with Gasteiger partial charge in [-0.15, -0.1) is 0 Å². The second-order valence-corrected chi connectivity index (χ2v) is 9.43. The molecule has 2 N–H and O–H groups in total. The average molecular weight is 487 g/mol. The molecule has 1 aliphatic rings. The van der Waals surface area contributed by atoms with E-state index in [1.165, 1.54) is 11.1 Å². The van der Waals surface area contributed by atoms with Crippen LogP contribution in [0.3, 0.4) is 0 Å². The van der Waals surface area contributed by atoms with Gasteiger partial charge in [0.05, 0.1) is 10.0 Å². The minimum absolute atomic E-state index is 0.0742. The zero-order valence-electron chi connectivity index (χ0n) is 19.0. The fraction of sp³-hybridized carbons (Fsp3) is 0.357. The molecule has 0 bridgehead atoms. The largest absolute Gasteiger partial charge is 0.326 e. The van der Waals surface area contributed by atoms with E-state index >= 15 is 0 Å². The van der Waals surface area contributed by atoms with Crippen molar-refractivity contribution in [2.24, 2.45) is 11.7 Å². The maximum atomic E-state index is 13.7. The smallest absolute Gasteiger partial charge is 0.105 e. The molecule has 1 heterocycles. The topological polar surface area (TPSA) is 29.3 Å². The van der Waals surface area contributed by atoms with Gasteiger partial charge in [0.25, 0.3) is 0 Å². The highest BCUT2D eigenvalue weighted by molar-refractivity contribution is 6.42. The van der Waals surface area contributed by atoms with Crippen molar-refractivity contribution in [3.05, 3.63) is 106 Å². The summed E-state index contributed by atoms with van der Waals surface area (Å²) in [6.45, 7) is 2.24. The van der Waals surface area contributed by atoms with Crippen LogP contribution in [0.5, 0.6) is 0 Å². The normalized spacial score (nSPS) is 15.5. The molecule has 1 fully saturated rings. The van der Waals surface area contributed by atoms with E-state index in [2.05, 4.69) is 35.2 Å². The number of nitrogens with zero attached hydrogens (tertiary/aromatic N) is 1. The molecule has 0 aromatic heterocycles. The Balaban J connectivity index is 0.000000323. The molecular formula is C28H33Cl2FN2. The van der Waals surface area contributed by atoms with Crippen LogP contribution in [0.25, 0.3) is 0 Å². The molecule has 1 unspecified atom stereocenters. The molecule has 0 spiro atoms. The van der Waals surface area contributed by atoms with E-state index in [0.717, 1.165) is 37.9 Å². The SMILES string of the molecule is FCC(Cc1ccc(Cl)c(Cl)c1)N1CCC(Cc2ccccc2)CC1.NCc1ccccc1. The highest BCUT2D eigenvalue weighted by Gasteiger charge is 2.25. The van der Waals surface area contributed by atoms with Crippen LogP contribution in [0.15, 0.2) is 78.9 Å². The van der Waals surface area contributed by atoms with Crippen LogP contribution in [-0.4, -0.2) is 30.7 Å². The highest BCUT2D eigenvalue weighted by Crippen LogP contribution is 2.26. The van der Waals surface area contributed by atoms with E-state index in [4.69, 9.17) is 28.9 Å². The number of hydrogen-bond donors (Lipinski definition) is 1. The number of benzene rings is 3. The maximum Gasteiger partial charge on any atom is 0.105 e. The standard InChI is InChI=1S/C21H24Cl2FN.C7H9N/c22-20-7-6-18(14-21(20)23)13-19(15-24)25-10-8-17(9-11-25)12-16-4-2-1-3-5-16;8-6-7-4-2-1-3-5-7/h1-7,14,17,19H,8-13,15H2;1-5H,6,8H2. The third-order valence-corrected chi connectivity index (χ3v) is 6.98. The molecule has 33 heavy (non-hydrogen) atoms. The lowest BCUT2D eigenvalue weighted by Gasteiger charge is -2.36. The van der Waals surface area contributed by atoms with Gasteiger partial charge >= 0.3 is 0 Å². The Labute approximate surface area is 207 Å². The van der Waals surface area contributed by atoms with E-state index in [-0.39, 0.29) is 12.7 Å². The second kappa shape index (κ2) is 13.7. The molecule has 0 aliphatic carbocycles. The van der Waals surface area contributed by atoms with Crippen LogP contribution in [0.1, 0.15) is 29.5 Å². The Hall–Kier alpha value is -1.91. The van der Waals surface area contributed by atoms with Crippen molar-refractivity contribution in [1.82, 2.24) is 4.90 Å². The molecule has 1 saturated heterocycles. The minimum atomic E-state index is -0.330. The van der Waals surface area contributed by atoms with Crippen molar-refractivity contribution >= 4 is 23.2 Å². The molecule has 0 radical (unpaired) electrons. The Morgan fingerprint density at radius 3 is 1.94 bits per heavy atom. The summed E-state index contributed by atoms with van der Waals surface area (Å²) in [6.07, 6.45) is 4.07. The molecule has 0 saturated carbocycles. The van der Waals surface area contributed by atoms with Crippen molar-refractivity contribution in [2.45, 2.75) is 38.3 Å². The van der Waals surface area contributed by atoms with Gasteiger partial charge in [0.1, 0.15) is 6.67 Å². The second-order valence-electron chi connectivity index (χ2n) is 8.62. The first-order valence-electron chi connectivity index (χ1n) is 11.6. The molecule has 3 aromatic rings. The Morgan fingerprint density at radius 1 is 0.818 bits per heavy atom. The van der Waals surface area contributed by atoms with Crippen LogP contribution in [-0.2, 0) is 19.4 Å². The van der Waals surface area contributed by atoms with E-state index in [0.29, 0.717) is 28.9 Å². The van der Waals surface area contributed by atoms with Crippen LogP contribution in [0, 0.1) is 5.92 Å². The van der Waals surface area contributed by atoms with Gasteiger partial charge in [0, 0.05) is 12.6 Å². The molecule has 2 nitrogen and oxygen atoms in total. The van der Waals surface area contributed by atoms with Crippen molar-refractivity contribution in [2.75, 3.05) is 19.8 Å². The van der Waals surface area contributed by atoms with Crippen LogP contribution in [0.4, 0.5) is 4.39 Å². The Kier molecular flexibility index (Phi) is 10.7. The summed E-state index contributed by atoms with van der Waals surface area (Å²) in [5, 5.41) is 1.09. The van der Waals surface area contributed by atoms with Crippen LogP contribution >= 0.6 is 23.2 Å². The van der Waals surface area contributed by atoms with E-state index in [9.17, 15) is 4.39 Å². The predicted molar refractivity (Wildman–Crippen MR) is 139 cm³/mol. The first-order chi connectivity index (χ1) is 16.1. The zero-order valence-corrected chi connectivity index (χ0v) is 20.5. The summed E-state index contributed by atoms with van der Waals surface area (Å²) < 4.78 is 13.7. The number of halogens is 3.